The zero-order chi connectivity index (χ0) is 15.0. The molecule has 0 radical (unpaired) electrons. The molecule has 0 spiro atoms. The summed E-state index contributed by atoms with van der Waals surface area (Å²) in [6.07, 6.45) is 0. The largest absolute Gasteiger partial charge is 0.495 e. The van der Waals surface area contributed by atoms with Gasteiger partial charge in [-0.3, -0.25) is 0 Å². The molecule has 3 nitrogen and oxygen atoms in total. The van der Waals surface area contributed by atoms with Crippen molar-refractivity contribution in [1.29, 1.82) is 0 Å². The van der Waals surface area contributed by atoms with Gasteiger partial charge < -0.3 is 10.5 Å². The number of hydrogen-bond acceptors (Lipinski definition) is 4. The standard InChI is InChI=1S/C15H12Cl2N2OS/c1-20-14-9(17)7-6-8(16)12(14)13(18)15-19-10-4-2-3-5-11(10)21-15/h2-7,13H,18H2,1H3. The number of benzene rings is 2. The van der Waals surface area contributed by atoms with Crippen LogP contribution in [-0.4, -0.2) is 12.1 Å². The number of nitrogens with two attached hydrogens (primary N) is 1. The Morgan fingerprint density at radius 1 is 1.14 bits per heavy atom. The lowest BCUT2D eigenvalue weighted by Crippen LogP contribution is -2.13. The Hall–Kier alpha value is -1.33. The number of ether oxygens (including phenoxy) is 1. The van der Waals surface area contributed by atoms with Gasteiger partial charge >= 0.3 is 0 Å². The van der Waals surface area contributed by atoms with Crippen molar-refractivity contribution in [2.45, 2.75) is 6.04 Å². The van der Waals surface area contributed by atoms with Crippen LogP contribution in [0.4, 0.5) is 0 Å². The number of rotatable bonds is 3. The van der Waals surface area contributed by atoms with Crippen molar-refractivity contribution in [3.8, 4) is 5.75 Å². The summed E-state index contributed by atoms with van der Waals surface area (Å²) in [4.78, 5) is 4.57. The first-order valence-electron chi connectivity index (χ1n) is 6.24. The lowest BCUT2D eigenvalue weighted by molar-refractivity contribution is 0.408. The molecule has 1 aromatic heterocycles. The molecule has 1 unspecified atom stereocenters. The van der Waals surface area contributed by atoms with Gasteiger partial charge in [0.25, 0.3) is 0 Å². The van der Waals surface area contributed by atoms with Gasteiger partial charge in [0.2, 0.25) is 0 Å². The Morgan fingerprint density at radius 2 is 1.86 bits per heavy atom. The highest BCUT2D eigenvalue weighted by Gasteiger charge is 2.22. The molecule has 0 saturated carbocycles. The smallest absolute Gasteiger partial charge is 0.144 e. The molecule has 21 heavy (non-hydrogen) atoms. The maximum Gasteiger partial charge on any atom is 0.144 e. The van der Waals surface area contributed by atoms with Crippen molar-refractivity contribution < 1.29 is 4.74 Å². The van der Waals surface area contributed by atoms with Crippen LogP contribution in [0.1, 0.15) is 16.6 Å². The summed E-state index contributed by atoms with van der Waals surface area (Å²) in [5.74, 6) is 0.496. The average Bonchev–Trinajstić information content (AvgIpc) is 2.92. The van der Waals surface area contributed by atoms with Crippen LogP contribution in [0.25, 0.3) is 10.2 Å². The van der Waals surface area contributed by atoms with Gasteiger partial charge in [0.1, 0.15) is 10.8 Å². The average molecular weight is 339 g/mol. The summed E-state index contributed by atoms with van der Waals surface area (Å²) in [7, 11) is 1.55. The topological polar surface area (TPSA) is 48.1 Å². The Morgan fingerprint density at radius 3 is 2.57 bits per heavy atom. The predicted molar refractivity (Wildman–Crippen MR) is 88.7 cm³/mol. The van der Waals surface area contributed by atoms with Crippen LogP contribution in [0.15, 0.2) is 36.4 Å². The Bertz CT molecular complexity index is 770. The van der Waals surface area contributed by atoms with E-state index in [1.807, 2.05) is 24.3 Å². The molecular weight excluding hydrogens is 327 g/mol. The highest BCUT2D eigenvalue weighted by atomic mass is 35.5. The molecule has 0 saturated heterocycles. The highest BCUT2D eigenvalue weighted by Crippen LogP contribution is 2.40. The number of fused-ring (bicyclic) bond motifs is 1. The molecule has 2 N–H and O–H groups in total. The van der Waals surface area contributed by atoms with Crippen molar-refractivity contribution >= 4 is 44.8 Å². The van der Waals surface area contributed by atoms with E-state index in [1.54, 1.807) is 30.6 Å². The van der Waals surface area contributed by atoms with Gasteiger partial charge in [0.15, 0.2) is 0 Å². The van der Waals surface area contributed by atoms with E-state index in [9.17, 15) is 0 Å². The Balaban J connectivity index is 2.13. The first-order chi connectivity index (χ1) is 10.1. The normalized spacial score (nSPS) is 12.6. The summed E-state index contributed by atoms with van der Waals surface area (Å²) in [5.41, 5.74) is 7.93. The van der Waals surface area contributed by atoms with Crippen LogP contribution in [0.3, 0.4) is 0 Å². The first-order valence-corrected chi connectivity index (χ1v) is 7.82. The van der Waals surface area contributed by atoms with Gasteiger partial charge in [-0.1, -0.05) is 35.3 Å². The second-order valence-electron chi connectivity index (χ2n) is 4.47. The molecule has 0 aliphatic rings. The summed E-state index contributed by atoms with van der Waals surface area (Å²) < 4.78 is 6.44. The molecule has 1 atom stereocenters. The van der Waals surface area contributed by atoms with Crippen molar-refractivity contribution in [2.75, 3.05) is 7.11 Å². The second-order valence-corrected chi connectivity index (χ2v) is 6.35. The Labute approximate surface area is 136 Å². The second kappa shape index (κ2) is 5.81. The molecule has 108 valence electrons. The fraction of sp³-hybridized carbons (Fsp3) is 0.133. The molecule has 2 aromatic carbocycles. The van der Waals surface area contributed by atoms with E-state index in [4.69, 9.17) is 33.7 Å². The van der Waals surface area contributed by atoms with Gasteiger partial charge in [-0.05, 0) is 24.3 Å². The quantitative estimate of drug-likeness (QED) is 0.755. The fourth-order valence-electron chi connectivity index (χ4n) is 2.19. The van der Waals surface area contributed by atoms with Gasteiger partial charge in [0.05, 0.1) is 28.4 Å². The summed E-state index contributed by atoms with van der Waals surface area (Å²) >= 11 is 14.0. The van der Waals surface area contributed by atoms with Crippen molar-refractivity contribution in [1.82, 2.24) is 4.98 Å². The van der Waals surface area contributed by atoms with Crippen LogP contribution >= 0.6 is 34.5 Å². The summed E-state index contributed by atoms with van der Waals surface area (Å²) in [6.45, 7) is 0. The summed E-state index contributed by atoms with van der Waals surface area (Å²) in [6, 6.07) is 10.8. The van der Waals surface area contributed by atoms with Gasteiger partial charge in [-0.2, -0.15) is 0 Å². The van der Waals surface area contributed by atoms with Crippen LogP contribution in [0.5, 0.6) is 5.75 Å². The third kappa shape index (κ3) is 2.60. The van der Waals surface area contributed by atoms with Crippen molar-refractivity contribution in [2.24, 2.45) is 5.73 Å². The lowest BCUT2D eigenvalue weighted by Gasteiger charge is -2.16. The number of thiazole rings is 1. The fourth-order valence-corrected chi connectivity index (χ4v) is 3.68. The minimum atomic E-state index is -0.483. The lowest BCUT2D eigenvalue weighted by atomic mass is 10.1. The molecule has 0 aliphatic heterocycles. The van der Waals surface area contributed by atoms with E-state index in [1.165, 1.54) is 0 Å². The molecule has 0 amide bonds. The Kier molecular flexibility index (Phi) is 4.04. The maximum absolute atomic E-state index is 6.35. The van der Waals surface area contributed by atoms with Gasteiger partial charge in [-0.15, -0.1) is 11.3 Å². The zero-order valence-electron chi connectivity index (χ0n) is 11.1. The van der Waals surface area contributed by atoms with E-state index in [2.05, 4.69) is 4.98 Å². The van der Waals surface area contributed by atoms with E-state index in [0.29, 0.717) is 21.4 Å². The monoisotopic (exact) mass is 338 g/mol. The zero-order valence-corrected chi connectivity index (χ0v) is 13.5. The van der Waals surface area contributed by atoms with Gasteiger partial charge in [-0.25, -0.2) is 4.98 Å². The van der Waals surface area contributed by atoms with Crippen LogP contribution in [0.2, 0.25) is 10.0 Å². The maximum atomic E-state index is 6.35. The molecule has 0 fully saturated rings. The molecule has 1 heterocycles. The van der Waals surface area contributed by atoms with Crippen molar-refractivity contribution in [3.05, 3.63) is 57.0 Å². The SMILES string of the molecule is COc1c(Cl)ccc(Cl)c1C(N)c1nc2ccccc2s1. The van der Waals surface area contributed by atoms with E-state index in [-0.39, 0.29) is 0 Å². The van der Waals surface area contributed by atoms with Gasteiger partial charge in [0, 0.05) is 10.6 Å². The molecule has 0 aliphatic carbocycles. The minimum Gasteiger partial charge on any atom is -0.495 e. The number of hydrogen-bond donors (Lipinski definition) is 1. The number of nitrogens with zero attached hydrogens (tertiary/aromatic N) is 1. The number of aromatic nitrogens is 1. The minimum absolute atomic E-state index is 0.480. The number of methoxy groups -OCH3 is 1. The third-order valence-corrected chi connectivity index (χ3v) is 4.93. The summed E-state index contributed by atoms with van der Waals surface area (Å²) in [5, 5.41) is 1.77. The van der Waals surface area contributed by atoms with E-state index >= 15 is 0 Å². The molecule has 3 aromatic rings. The van der Waals surface area contributed by atoms with Crippen LogP contribution in [0, 0.1) is 0 Å². The van der Waals surface area contributed by atoms with E-state index in [0.717, 1.165) is 15.2 Å². The predicted octanol–water partition coefficient (Wildman–Crippen LogP) is 4.66. The third-order valence-electron chi connectivity index (χ3n) is 3.19. The first kappa shape index (κ1) is 14.6. The number of halogens is 2. The van der Waals surface area contributed by atoms with Crippen LogP contribution < -0.4 is 10.5 Å². The highest BCUT2D eigenvalue weighted by molar-refractivity contribution is 7.18. The molecule has 6 heteroatoms. The molecule has 0 bridgehead atoms. The molecule has 3 rings (SSSR count). The van der Waals surface area contributed by atoms with Crippen molar-refractivity contribution in [3.63, 3.8) is 0 Å². The van der Waals surface area contributed by atoms with Crippen LogP contribution in [-0.2, 0) is 0 Å². The molecular formula is C15H12Cl2N2OS. The van der Waals surface area contributed by atoms with E-state index < -0.39 is 6.04 Å². The number of para-hydroxylation sites is 1.